The zero-order valence-corrected chi connectivity index (χ0v) is 18.0. The third-order valence-corrected chi connectivity index (χ3v) is 6.82. The molecule has 0 spiro atoms. The number of fused-ring (bicyclic) bond motifs is 1. The van der Waals surface area contributed by atoms with Crippen LogP contribution in [0.3, 0.4) is 0 Å². The number of guanidine groups is 1. The van der Waals surface area contributed by atoms with Crippen molar-refractivity contribution < 1.29 is 13.6 Å². The van der Waals surface area contributed by atoms with Crippen molar-refractivity contribution in [2.75, 3.05) is 7.05 Å². The lowest BCUT2D eigenvalue weighted by molar-refractivity contribution is -0.130. The van der Waals surface area contributed by atoms with Gasteiger partial charge in [-0.05, 0) is 30.2 Å². The molecule has 31 heavy (non-hydrogen) atoms. The highest BCUT2D eigenvalue weighted by Gasteiger charge is 2.47. The number of nitrogens with two attached hydrogens (primary N) is 1. The summed E-state index contributed by atoms with van der Waals surface area (Å²) in [7, 11) is 1.54. The first-order chi connectivity index (χ1) is 14.6. The molecule has 158 valence electrons. The zero-order valence-electron chi connectivity index (χ0n) is 17.2. The van der Waals surface area contributed by atoms with Crippen LogP contribution < -0.4 is 5.73 Å². The van der Waals surface area contributed by atoms with Crippen LogP contribution in [0, 0.1) is 11.3 Å². The van der Waals surface area contributed by atoms with E-state index in [9.17, 15) is 18.8 Å². The number of amides is 1. The van der Waals surface area contributed by atoms with Crippen LogP contribution in [0.15, 0.2) is 52.8 Å². The van der Waals surface area contributed by atoms with E-state index in [0.717, 1.165) is 17.0 Å². The number of benzene rings is 2. The number of rotatable bonds is 3. The van der Waals surface area contributed by atoms with Crippen LogP contribution in [0.4, 0.5) is 8.78 Å². The van der Waals surface area contributed by atoms with Gasteiger partial charge in [0.1, 0.15) is 11.6 Å². The van der Waals surface area contributed by atoms with Crippen LogP contribution in [0.5, 0.6) is 0 Å². The van der Waals surface area contributed by atoms with Crippen molar-refractivity contribution in [3.8, 4) is 6.07 Å². The number of likely N-dealkylation sites (N-methyl/N-ethyl adjacent to an activating group) is 1. The van der Waals surface area contributed by atoms with Gasteiger partial charge in [-0.25, -0.2) is 13.8 Å². The summed E-state index contributed by atoms with van der Waals surface area (Å²) in [5.74, 6) is -3.95. The van der Waals surface area contributed by atoms with Gasteiger partial charge in [0.05, 0.1) is 11.5 Å². The fraction of sp³-hybridized carbons (Fsp3) is 0.261. The number of nitriles is 1. The van der Waals surface area contributed by atoms with Crippen molar-refractivity contribution >= 4 is 33.3 Å². The van der Waals surface area contributed by atoms with E-state index in [2.05, 4.69) is 11.1 Å². The summed E-state index contributed by atoms with van der Waals surface area (Å²) in [6.07, 6.45) is 0. The van der Waals surface area contributed by atoms with Gasteiger partial charge in [0, 0.05) is 35.0 Å². The summed E-state index contributed by atoms with van der Waals surface area (Å²) in [6.45, 7) is 2.64. The molecular weight excluding hydrogens is 418 g/mol. The Bertz CT molecular complexity index is 1250. The largest absolute Gasteiger partial charge is 0.369 e. The maximum Gasteiger partial charge on any atom is 0.270 e. The second-order valence-corrected chi connectivity index (χ2v) is 8.84. The molecule has 4 rings (SSSR count). The van der Waals surface area contributed by atoms with E-state index in [1.807, 2.05) is 18.2 Å². The third-order valence-electron chi connectivity index (χ3n) is 5.86. The Hall–Kier alpha value is -3.31. The van der Waals surface area contributed by atoms with Crippen LogP contribution in [-0.4, -0.2) is 23.8 Å². The molecule has 0 saturated heterocycles. The van der Waals surface area contributed by atoms with E-state index in [1.165, 1.54) is 35.4 Å². The molecule has 0 aliphatic carbocycles. The lowest BCUT2D eigenvalue weighted by Gasteiger charge is -2.41. The molecule has 5 nitrogen and oxygen atoms in total. The van der Waals surface area contributed by atoms with Gasteiger partial charge in [0.2, 0.25) is 5.91 Å². The zero-order chi connectivity index (χ0) is 22.6. The minimum absolute atomic E-state index is 0.0754. The maximum absolute atomic E-state index is 13.7. The monoisotopic (exact) mass is 438 g/mol. The van der Waals surface area contributed by atoms with Crippen molar-refractivity contribution in [2.24, 2.45) is 10.7 Å². The first-order valence-corrected chi connectivity index (χ1v) is 10.5. The van der Waals surface area contributed by atoms with Gasteiger partial charge < -0.3 is 5.73 Å². The Balaban J connectivity index is 1.90. The number of alkyl halides is 2. The fourth-order valence-electron chi connectivity index (χ4n) is 4.02. The van der Waals surface area contributed by atoms with Gasteiger partial charge >= 0.3 is 0 Å². The minimum atomic E-state index is -2.98. The van der Waals surface area contributed by atoms with E-state index in [0.29, 0.717) is 16.7 Å². The number of hydrogen-bond donors (Lipinski definition) is 1. The Morgan fingerprint density at radius 3 is 2.55 bits per heavy atom. The molecule has 1 unspecified atom stereocenters. The molecule has 1 amide bonds. The van der Waals surface area contributed by atoms with Crippen LogP contribution in [0.1, 0.15) is 42.0 Å². The van der Waals surface area contributed by atoms with Crippen LogP contribution in [0.2, 0.25) is 0 Å². The van der Waals surface area contributed by atoms with Gasteiger partial charge in [-0.15, -0.1) is 11.3 Å². The van der Waals surface area contributed by atoms with E-state index in [-0.39, 0.29) is 17.4 Å². The Morgan fingerprint density at radius 1 is 1.26 bits per heavy atom. The third kappa shape index (κ3) is 3.35. The van der Waals surface area contributed by atoms with Gasteiger partial charge in [-0.3, -0.25) is 9.69 Å². The van der Waals surface area contributed by atoms with Gasteiger partial charge in [0.15, 0.2) is 5.96 Å². The standard InChI is InChI=1S/C23H20F2N4OS/c1-22(16-8-9-18-17(10-16)14(11-26)12-31-18)19(20(30)29(3)21(27)28-22)13-4-6-15(7-5-13)23(2,24)25/h4-10,12,19H,1-3H3,(H2,27,28)/t19?,22-/m1/s1. The molecule has 2 atom stereocenters. The molecule has 1 aliphatic rings. The Kier molecular flexibility index (Phi) is 4.82. The lowest BCUT2D eigenvalue weighted by Crippen LogP contribution is -2.52. The van der Waals surface area contributed by atoms with E-state index >= 15 is 0 Å². The normalized spacial score (nSPS) is 21.8. The summed E-state index contributed by atoms with van der Waals surface area (Å²) in [5.41, 5.74) is 6.68. The van der Waals surface area contributed by atoms with Crippen molar-refractivity contribution in [1.29, 1.82) is 5.26 Å². The molecule has 0 bridgehead atoms. The average Bonchev–Trinajstić information content (AvgIpc) is 3.14. The molecule has 0 fully saturated rings. The number of aliphatic imine (C=N–C) groups is 1. The average molecular weight is 439 g/mol. The first kappa shape index (κ1) is 20.9. The SMILES string of the molecule is CN1C(=O)C(c2ccc(C(C)(F)F)cc2)[C@@](C)(c2ccc3scc(C#N)c3c2)N=C1N. The maximum atomic E-state index is 13.7. The quantitative estimate of drug-likeness (QED) is 0.645. The molecule has 1 aromatic heterocycles. The highest BCUT2D eigenvalue weighted by molar-refractivity contribution is 7.17. The van der Waals surface area contributed by atoms with E-state index in [4.69, 9.17) is 5.73 Å². The van der Waals surface area contributed by atoms with E-state index in [1.54, 1.807) is 24.4 Å². The molecule has 8 heteroatoms. The highest BCUT2D eigenvalue weighted by Crippen LogP contribution is 2.45. The molecule has 2 heterocycles. The smallest absolute Gasteiger partial charge is 0.270 e. The second kappa shape index (κ2) is 7.13. The van der Waals surface area contributed by atoms with Crippen LogP contribution in [0.25, 0.3) is 10.1 Å². The summed E-state index contributed by atoms with van der Waals surface area (Å²) in [5, 5.41) is 12.0. The molecule has 3 aromatic rings. The number of thiophene rings is 1. The Morgan fingerprint density at radius 2 is 1.94 bits per heavy atom. The number of hydrogen-bond acceptors (Lipinski definition) is 5. The molecular formula is C23H20F2N4OS. The van der Waals surface area contributed by atoms with Crippen molar-refractivity contribution in [1.82, 2.24) is 4.90 Å². The molecule has 2 aromatic carbocycles. The number of carbonyl (C=O) groups is 1. The number of nitrogens with zero attached hydrogens (tertiary/aromatic N) is 3. The van der Waals surface area contributed by atoms with Crippen LogP contribution in [-0.2, 0) is 16.3 Å². The van der Waals surface area contributed by atoms with Crippen molar-refractivity contribution in [3.63, 3.8) is 0 Å². The van der Waals surface area contributed by atoms with Crippen LogP contribution >= 0.6 is 11.3 Å². The predicted molar refractivity (Wildman–Crippen MR) is 117 cm³/mol. The van der Waals surface area contributed by atoms with E-state index < -0.39 is 17.4 Å². The Labute approximate surface area is 182 Å². The fourth-order valence-corrected chi connectivity index (χ4v) is 4.89. The second-order valence-electron chi connectivity index (χ2n) is 7.93. The predicted octanol–water partition coefficient (Wildman–Crippen LogP) is 4.67. The first-order valence-electron chi connectivity index (χ1n) is 9.59. The van der Waals surface area contributed by atoms with Gasteiger partial charge in [-0.1, -0.05) is 30.3 Å². The number of carbonyl (C=O) groups excluding carboxylic acids is 1. The molecule has 0 saturated carbocycles. The summed E-state index contributed by atoms with van der Waals surface area (Å²) >= 11 is 1.47. The summed E-state index contributed by atoms with van der Waals surface area (Å²) in [4.78, 5) is 19.3. The summed E-state index contributed by atoms with van der Waals surface area (Å²) < 4.78 is 28.3. The lowest BCUT2D eigenvalue weighted by atomic mass is 9.74. The van der Waals surface area contributed by atoms with Gasteiger partial charge in [0.25, 0.3) is 5.92 Å². The molecule has 2 N–H and O–H groups in total. The van der Waals surface area contributed by atoms with Crippen molar-refractivity contribution in [2.45, 2.75) is 31.2 Å². The summed E-state index contributed by atoms with van der Waals surface area (Å²) in [6, 6.07) is 13.6. The van der Waals surface area contributed by atoms with Gasteiger partial charge in [-0.2, -0.15) is 5.26 Å². The molecule has 0 radical (unpaired) electrons. The minimum Gasteiger partial charge on any atom is -0.369 e. The highest BCUT2D eigenvalue weighted by atomic mass is 32.1. The number of halogens is 2. The van der Waals surface area contributed by atoms with Crippen molar-refractivity contribution in [3.05, 3.63) is 70.1 Å². The topological polar surface area (TPSA) is 82.5 Å². The molecule has 1 aliphatic heterocycles.